The van der Waals surface area contributed by atoms with Crippen LogP contribution in [0.25, 0.3) is 10.6 Å². The van der Waals surface area contributed by atoms with Crippen LogP contribution in [0.1, 0.15) is 74.3 Å². The van der Waals surface area contributed by atoms with E-state index >= 15 is 0 Å². The first kappa shape index (κ1) is 24.6. The van der Waals surface area contributed by atoms with Gasteiger partial charge in [0.25, 0.3) is 10.0 Å². The fourth-order valence-electron chi connectivity index (χ4n) is 4.63. The lowest BCUT2D eigenvalue weighted by atomic mass is 9.83. The van der Waals surface area contributed by atoms with Crippen molar-refractivity contribution in [2.75, 3.05) is 0 Å². The minimum atomic E-state index is -3.89. The van der Waals surface area contributed by atoms with Gasteiger partial charge in [-0.2, -0.15) is 0 Å². The van der Waals surface area contributed by atoms with Gasteiger partial charge in [0.15, 0.2) is 5.03 Å². The molecule has 9 heteroatoms. The Labute approximate surface area is 203 Å². The van der Waals surface area contributed by atoms with Gasteiger partial charge in [-0.3, -0.25) is 0 Å². The Kier molecular flexibility index (Phi) is 7.25. The number of benzene rings is 1. The van der Waals surface area contributed by atoms with Crippen molar-refractivity contribution in [3.05, 3.63) is 62.5 Å². The fraction of sp³-hybridized carbons (Fsp3) is 0.440. The number of nitrogens with two attached hydrogens (primary N) is 1. The van der Waals surface area contributed by atoms with E-state index in [-0.39, 0.29) is 22.6 Å². The maximum Gasteiger partial charge on any atom is 0.343 e. The van der Waals surface area contributed by atoms with Gasteiger partial charge in [0.05, 0.1) is 5.56 Å². The zero-order chi connectivity index (χ0) is 24.5. The molecule has 1 aliphatic rings. The van der Waals surface area contributed by atoms with Crippen LogP contribution in [0, 0.1) is 5.92 Å². The minimum Gasteiger partial charge on any atom is -0.507 e. The summed E-state index contributed by atoms with van der Waals surface area (Å²) in [4.78, 5) is 17.3. The maximum atomic E-state index is 13.2. The van der Waals surface area contributed by atoms with Crippen LogP contribution in [-0.4, -0.2) is 18.5 Å². The Bertz CT molecular complexity index is 1340. The van der Waals surface area contributed by atoms with E-state index in [0.29, 0.717) is 35.6 Å². The first-order chi connectivity index (χ1) is 16.1. The molecular weight excluding hydrogens is 472 g/mol. The summed E-state index contributed by atoms with van der Waals surface area (Å²) in [6.45, 7) is 4.14. The summed E-state index contributed by atoms with van der Waals surface area (Å²) in [5, 5.41) is 18.3. The van der Waals surface area contributed by atoms with E-state index in [1.807, 2.05) is 24.3 Å². The fourth-order valence-corrected chi connectivity index (χ4v) is 6.27. The molecule has 3 aromatic rings. The third-order valence-electron chi connectivity index (χ3n) is 6.26. The number of hydrogen-bond acceptors (Lipinski definition) is 7. The summed E-state index contributed by atoms with van der Waals surface area (Å²) in [6.07, 6.45) is 6.09. The lowest BCUT2D eigenvalue weighted by molar-refractivity contribution is 0.379. The smallest absolute Gasteiger partial charge is 0.343 e. The van der Waals surface area contributed by atoms with Crippen molar-refractivity contribution in [1.29, 1.82) is 0 Å². The van der Waals surface area contributed by atoms with Crippen LogP contribution in [0.15, 0.2) is 43.9 Å². The van der Waals surface area contributed by atoms with Crippen LogP contribution < -0.4 is 10.8 Å². The highest BCUT2D eigenvalue weighted by Gasteiger charge is 2.28. The molecule has 0 aliphatic heterocycles. The van der Waals surface area contributed by atoms with Gasteiger partial charge < -0.3 is 9.52 Å². The molecule has 0 spiro atoms. The standard InChI is InChI=1S/C25H30N2O5S2/c1-15(2)12-19(22-23(28)18-10-5-3-4-6-11-20(18)32-25(22)29)16-8-7-9-17(13-16)24-27-21(14-33-24)34(26,30)31/h7-9,13-15,19,28H,3-6,10-12H2,1-2H3,(H2,26,30,31). The second-order valence-corrected chi connectivity index (χ2v) is 11.7. The van der Waals surface area contributed by atoms with E-state index in [9.17, 15) is 18.3 Å². The van der Waals surface area contributed by atoms with Gasteiger partial charge in [-0.1, -0.05) is 44.9 Å². The zero-order valence-electron chi connectivity index (χ0n) is 19.4. The van der Waals surface area contributed by atoms with Crippen LogP contribution in [0.4, 0.5) is 0 Å². The Hall–Kier alpha value is -2.49. The Balaban J connectivity index is 1.81. The zero-order valence-corrected chi connectivity index (χ0v) is 21.0. The Morgan fingerprint density at radius 2 is 1.91 bits per heavy atom. The highest BCUT2D eigenvalue weighted by Crippen LogP contribution is 2.39. The summed E-state index contributed by atoms with van der Waals surface area (Å²) in [5.41, 5.74) is 2.14. The molecule has 0 fully saturated rings. The molecule has 182 valence electrons. The van der Waals surface area contributed by atoms with Crippen molar-refractivity contribution in [3.63, 3.8) is 0 Å². The topological polar surface area (TPSA) is 123 Å². The van der Waals surface area contributed by atoms with Crippen molar-refractivity contribution in [1.82, 2.24) is 4.98 Å². The first-order valence-electron chi connectivity index (χ1n) is 11.6. The second kappa shape index (κ2) is 10.0. The van der Waals surface area contributed by atoms with Crippen molar-refractivity contribution >= 4 is 21.4 Å². The van der Waals surface area contributed by atoms with Crippen molar-refractivity contribution in [3.8, 4) is 16.3 Å². The van der Waals surface area contributed by atoms with Gasteiger partial charge in [-0.25, -0.2) is 23.3 Å². The SMILES string of the molecule is CC(C)CC(c1cccc(-c2nc(S(N)(=O)=O)cs2)c1)c1c(O)c2c(oc1=O)CCCCCC2. The van der Waals surface area contributed by atoms with Crippen LogP contribution >= 0.6 is 11.3 Å². The lowest BCUT2D eigenvalue weighted by Crippen LogP contribution is -2.19. The Morgan fingerprint density at radius 3 is 2.59 bits per heavy atom. The number of hydrogen-bond donors (Lipinski definition) is 2. The number of aryl methyl sites for hydroxylation is 1. The van der Waals surface area contributed by atoms with E-state index in [1.165, 1.54) is 16.7 Å². The second-order valence-electron chi connectivity index (χ2n) is 9.31. The normalized spacial score (nSPS) is 15.5. The summed E-state index contributed by atoms with van der Waals surface area (Å²) in [6, 6.07) is 7.50. The highest BCUT2D eigenvalue weighted by atomic mass is 32.2. The molecule has 0 amide bonds. The molecule has 7 nitrogen and oxygen atoms in total. The third-order valence-corrected chi connectivity index (χ3v) is 8.09. The number of thiazole rings is 1. The van der Waals surface area contributed by atoms with E-state index in [0.717, 1.165) is 42.4 Å². The van der Waals surface area contributed by atoms with E-state index in [2.05, 4.69) is 18.8 Å². The summed E-state index contributed by atoms with van der Waals surface area (Å²) >= 11 is 1.19. The van der Waals surface area contributed by atoms with Crippen molar-refractivity contribution < 1.29 is 17.9 Å². The van der Waals surface area contributed by atoms with Gasteiger partial charge in [-0.05, 0) is 43.2 Å². The molecule has 1 unspecified atom stereocenters. The van der Waals surface area contributed by atoms with Gasteiger partial charge in [0, 0.05) is 28.8 Å². The highest BCUT2D eigenvalue weighted by molar-refractivity contribution is 7.89. The summed E-state index contributed by atoms with van der Waals surface area (Å²) < 4.78 is 29.1. The van der Waals surface area contributed by atoms with Crippen molar-refractivity contribution in [2.45, 2.75) is 69.7 Å². The summed E-state index contributed by atoms with van der Waals surface area (Å²) in [7, 11) is -3.89. The molecule has 2 heterocycles. The molecule has 1 aliphatic carbocycles. The first-order valence-corrected chi connectivity index (χ1v) is 14.0. The maximum absolute atomic E-state index is 13.2. The van der Waals surface area contributed by atoms with Gasteiger partial charge in [0.1, 0.15) is 16.5 Å². The molecule has 4 rings (SSSR count). The number of aromatic nitrogens is 1. The number of fused-ring (bicyclic) bond motifs is 1. The molecular formula is C25H30N2O5S2. The molecule has 1 atom stereocenters. The molecule has 0 bridgehead atoms. The molecule has 2 aromatic heterocycles. The monoisotopic (exact) mass is 502 g/mol. The number of aromatic hydroxyl groups is 1. The largest absolute Gasteiger partial charge is 0.507 e. The number of sulfonamides is 1. The molecule has 3 N–H and O–H groups in total. The van der Waals surface area contributed by atoms with Crippen LogP contribution in [0.3, 0.4) is 0 Å². The molecule has 1 aromatic carbocycles. The van der Waals surface area contributed by atoms with Gasteiger partial charge >= 0.3 is 5.63 Å². The predicted molar refractivity (Wildman–Crippen MR) is 133 cm³/mol. The third kappa shape index (κ3) is 5.26. The average Bonchev–Trinajstić information content (AvgIpc) is 3.25. The van der Waals surface area contributed by atoms with E-state index in [1.54, 1.807) is 0 Å². The molecule has 34 heavy (non-hydrogen) atoms. The van der Waals surface area contributed by atoms with Crippen LogP contribution in [0.2, 0.25) is 0 Å². The lowest BCUT2D eigenvalue weighted by Gasteiger charge is -2.23. The van der Waals surface area contributed by atoms with E-state index in [4.69, 9.17) is 9.56 Å². The van der Waals surface area contributed by atoms with Gasteiger partial charge in [-0.15, -0.1) is 11.3 Å². The number of primary sulfonamides is 1. The number of nitrogens with zero attached hydrogens (tertiary/aromatic N) is 1. The van der Waals surface area contributed by atoms with Gasteiger partial charge in [0.2, 0.25) is 0 Å². The quantitative estimate of drug-likeness (QED) is 0.491. The Morgan fingerprint density at radius 1 is 1.18 bits per heavy atom. The average molecular weight is 503 g/mol. The van der Waals surface area contributed by atoms with E-state index < -0.39 is 15.6 Å². The van der Waals surface area contributed by atoms with Crippen LogP contribution in [0.5, 0.6) is 5.75 Å². The predicted octanol–water partition coefficient (Wildman–Crippen LogP) is 4.95. The molecule has 0 saturated heterocycles. The summed E-state index contributed by atoms with van der Waals surface area (Å²) in [5.74, 6) is 0.559. The van der Waals surface area contributed by atoms with Crippen LogP contribution in [-0.2, 0) is 22.9 Å². The minimum absolute atomic E-state index is 0.0648. The number of rotatable bonds is 6. The molecule has 0 radical (unpaired) electrons. The molecule has 0 saturated carbocycles. The van der Waals surface area contributed by atoms with Crippen molar-refractivity contribution in [2.24, 2.45) is 11.1 Å².